The maximum absolute atomic E-state index is 12.9. The number of aromatic nitrogens is 1. The van der Waals surface area contributed by atoms with Crippen molar-refractivity contribution >= 4 is 6.09 Å². The molecule has 0 atom stereocenters. The number of pyridine rings is 1. The number of alkyl carbamates (subject to hydrolysis) is 1. The molecule has 0 fully saturated rings. The fourth-order valence-electron chi connectivity index (χ4n) is 1.20. The van der Waals surface area contributed by atoms with Gasteiger partial charge in [0.25, 0.3) is 0 Å². The SMILES string of the molecule is Cc1cc(CNC(=O)OC(C)(C)C)cnc1F. The van der Waals surface area contributed by atoms with Crippen LogP contribution in [0.3, 0.4) is 0 Å². The number of carbonyl (C=O) groups is 1. The third kappa shape index (κ3) is 4.80. The first-order valence-corrected chi connectivity index (χ1v) is 5.36. The van der Waals surface area contributed by atoms with E-state index in [0.29, 0.717) is 5.56 Å². The highest BCUT2D eigenvalue weighted by molar-refractivity contribution is 5.67. The van der Waals surface area contributed by atoms with E-state index >= 15 is 0 Å². The van der Waals surface area contributed by atoms with Gasteiger partial charge in [-0.1, -0.05) is 0 Å². The average molecular weight is 240 g/mol. The molecule has 4 nitrogen and oxygen atoms in total. The molecule has 1 aromatic rings. The van der Waals surface area contributed by atoms with Crippen molar-refractivity contribution in [2.75, 3.05) is 0 Å². The molecule has 1 rings (SSSR count). The molecule has 1 aromatic heterocycles. The highest BCUT2D eigenvalue weighted by atomic mass is 19.1. The second kappa shape index (κ2) is 5.12. The Balaban J connectivity index is 2.50. The molecule has 0 saturated carbocycles. The van der Waals surface area contributed by atoms with Gasteiger partial charge in [-0.05, 0) is 39.3 Å². The monoisotopic (exact) mass is 240 g/mol. The first-order valence-electron chi connectivity index (χ1n) is 5.36. The Hall–Kier alpha value is -1.65. The molecule has 0 aliphatic heterocycles. The van der Waals surface area contributed by atoms with Crippen LogP contribution in [-0.4, -0.2) is 16.7 Å². The summed E-state index contributed by atoms with van der Waals surface area (Å²) in [7, 11) is 0. The molecule has 0 aliphatic carbocycles. The maximum atomic E-state index is 12.9. The molecule has 0 spiro atoms. The van der Waals surface area contributed by atoms with Crippen LogP contribution in [0.15, 0.2) is 12.3 Å². The molecule has 94 valence electrons. The molecule has 0 aromatic carbocycles. The molecule has 0 saturated heterocycles. The number of rotatable bonds is 2. The zero-order chi connectivity index (χ0) is 13.1. The Kier molecular flexibility index (Phi) is 4.04. The zero-order valence-electron chi connectivity index (χ0n) is 10.5. The normalized spacial score (nSPS) is 11.1. The van der Waals surface area contributed by atoms with E-state index in [2.05, 4.69) is 10.3 Å². The van der Waals surface area contributed by atoms with Crippen LogP contribution >= 0.6 is 0 Å². The topological polar surface area (TPSA) is 51.2 Å². The Morgan fingerprint density at radius 3 is 2.71 bits per heavy atom. The molecule has 5 heteroatoms. The van der Waals surface area contributed by atoms with E-state index in [4.69, 9.17) is 4.74 Å². The summed E-state index contributed by atoms with van der Waals surface area (Å²) in [5.41, 5.74) is 0.657. The standard InChI is InChI=1S/C12H17FN2O2/c1-8-5-9(6-14-10(8)13)7-15-11(16)17-12(2,3)4/h5-6H,7H2,1-4H3,(H,15,16). The smallest absolute Gasteiger partial charge is 0.407 e. The summed E-state index contributed by atoms with van der Waals surface area (Å²) in [6, 6.07) is 1.64. The minimum atomic E-state index is -0.527. The lowest BCUT2D eigenvalue weighted by molar-refractivity contribution is 0.0523. The molecule has 0 unspecified atom stereocenters. The summed E-state index contributed by atoms with van der Waals surface area (Å²) < 4.78 is 18.0. The summed E-state index contributed by atoms with van der Waals surface area (Å²) in [5, 5.41) is 2.58. The Morgan fingerprint density at radius 1 is 1.53 bits per heavy atom. The summed E-state index contributed by atoms with van der Waals surface area (Å²) in [6.07, 6.45) is 0.888. The number of aryl methyl sites for hydroxylation is 1. The number of nitrogens with zero attached hydrogens (tertiary/aromatic N) is 1. The summed E-state index contributed by atoms with van der Waals surface area (Å²) in [4.78, 5) is 14.9. The molecule has 0 bridgehead atoms. The van der Waals surface area contributed by atoms with Gasteiger partial charge >= 0.3 is 6.09 Å². The Labute approximate surface area is 100 Å². The van der Waals surface area contributed by atoms with Gasteiger partial charge < -0.3 is 10.1 Å². The molecule has 1 amide bonds. The van der Waals surface area contributed by atoms with Crippen molar-refractivity contribution in [1.82, 2.24) is 10.3 Å². The van der Waals surface area contributed by atoms with E-state index in [-0.39, 0.29) is 6.54 Å². The number of hydrogen-bond acceptors (Lipinski definition) is 3. The van der Waals surface area contributed by atoms with E-state index in [9.17, 15) is 9.18 Å². The van der Waals surface area contributed by atoms with E-state index in [1.54, 1.807) is 33.8 Å². The van der Waals surface area contributed by atoms with Crippen LogP contribution in [-0.2, 0) is 11.3 Å². The Morgan fingerprint density at radius 2 is 2.18 bits per heavy atom. The van der Waals surface area contributed by atoms with Crippen molar-refractivity contribution < 1.29 is 13.9 Å². The molecular weight excluding hydrogens is 223 g/mol. The van der Waals surface area contributed by atoms with Gasteiger partial charge in [0.2, 0.25) is 5.95 Å². The number of halogens is 1. The van der Waals surface area contributed by atoms with Gasteiger partial charge in [0.1, 0.15) is 5.60 Å². The van der Waals surface area contributed by atoms with Crippen molar-refractivity contribution in [2.45, 2.75) is 39.8 Å². The molecule has 0 aliphatic rings. The second-order valence-electron chi connectivity index (χ2n) is 4.81. The predicted molar refractivity (Wildman–Crippen MR) is 62.0 cm³/mol. The Bertz CT molecular complexity index is 413. The van der Waals surface area contributed by atoms with Crippen molar-refractivity contribution in [3.63, 3.8) is 0 Å². The van der Waals surface area contributed by atoms with E-state index in [1.165, 1.54) is 6.20 Å². The molecular formula is C12H17FN2O2. The van der Waals surface area contributed by atoms with Crippen molar-refractivity contribution in [1.29, 1.82) is 0 Å². The first-order chi connectivity index (χ1) is 7.78. The van der Waals surface area contributed by atoms with Crippen LogP contribution in [0, 0.1) is 12.9 Å². The highest BCUT2D eigenvalue weighted by Crippen LogP contribution is 2.08. The lowest BCUT2D eigenvalue weighted by Crippen LogP contribution is -2.32. The van der Waals surface area contributed by atoms with Crippen LogP contribution in [0.1, 0.15) is 31.9 Å². The molecule has 0 radical (unpaired) electrons. The minimum Gasteiger partial charge on any atom is -0.444 e. The number of ether oxygens (including phenoxy) is 1. The average Bonchev–Trinajstić information content (AvgIpc) is 2.17. The van der Waals surface area contributed by atoms with Gasteiger partial charge in [-0.25, -0.2) is 9.78 Å². The molecule has 17 heavy (non-hydrogen) atoms. The fraction of sp³-hybridized carbons (Fsp3) is 0.500. The van der Waals surface area contributed by atoms with Crippen LogP contribution < -0.4 is 5.32 Å². The molecule has 1 heterocycles. The highest BCUT2D eigenvalue weighted by Gasteiger charge is 2.15. The van der Waals surface area contributed by atoms with Crippen molar-refractivity contribution in [3.8, 4) is 0 Å². The van der Waals surface area contributed by atoms with Crippen molar-refractivity contribution in [3.05, 3.63) is 29.3 Å². The first kappa shape index (κ1) is 13.4. The minimum absolute atomic E-state index is 0.267. The summed E-state index contributed by atoms with van der Waals surface area (Å²) in [6.45, 7) is 7.25. The largest absolute Gasteiger partial charge is 0.444 e. The van der Waals surface area contributed by atoms with Gasteiger partial charge in [-0.3, -0.25) is 0 Å². The number of amides is 1. The summed E-state index contributed by atoms with van der Waals surface area (Å²) in [5.74, 6) is -0.494. The van der Waals surface area contributed by atoms with Gasteiger partial charge in [0, 0.05) is 18.3 Å². The van der Waals surface area contributed by atoms with Crippen LogP contribution in [0.25, 0.3) is 0 Å². The third-order valence-electron chi connectivity index (χ3n) is 1.91. The molecule has 1 N–H and O–H groups in total. The van der Waals surface area contributed by atoms with Gasteiger partial charge in [-0.2, -0.15) is 4.39 Å². The zero-order valence-corrected chi connectivity index (χ0v) is 10.5. The number of nitrogens with one attached hydrogen (secondary N) is 1. The second-order valence-corrected chi connectivity index (χ2v) is 4.81. The van der Waals surface area contributed by atoms with E-state index in [0.717, 1.165) is 5.56 Å². The number of hydrogen-bond donors (Lipinski definition) is 1. The van der Waals surface area contributed by atoms with Crippen molar-refractivity contribution in [2.24, 2.45) is 0 Å². The lowest BCUT2D eigenvalue weighted by Gasteiger charge is -2.19. The summed E-state index contributed by atoms with van der Waals surface area (Å²) >= 11 is 0. The van der Waals surface area contributed by atoms with E-state index in [1.807, 2.05) is 0 Å². The maximum Gasteiger partial charge on any atom is 0.407 e. The van der Waals surface area contributed by atoms with Gasteiger partial charge in [-0.15, -0.1) is 0 Å². The van der Waals surface area contributed by atoms with E-state index < -0.39 is 17.6 Å². The van der Waals surface area contributed by atoms with Gasteiger partial charge in [0.15, 0.2) is 0 Å². The van der Waals surface area contributed by atoms with Crippen LogP contribution in [0.4, 0.5) is 9.18 Å². The van der Waals surface area contributed by atoms with Crippen LogP contribution in [0.5, 0.6) is 0 Å². The predicted octanol–water partition coefficient (Wildman–Crippen LogP) is 2.55. The third-order valence-corrected chi connectivity index (χ3v) is 1.91. The van der Waals surface area contributed by atoms with Crippen LogP contribution in [0.2, 0.25) is 0 Å². The van der Waals surface area contributed by atoms with Gasteiger partial charge in [0.05, 0.1) is 0 Å². The lowest BCUT2D eigenvalue weighted by atomic mass is 10.2. The number of carbonyl (C=O) groups excluding carboxylic acids is 1. The quantitative estimate of drug-likeness (QED) is 0.808. The fourth-order valence-corrected chi connectivity index (χ4v) is 1.20.